The van der Waals surface area contributed by atoms with Crippen LogP contribution in [-0.2, 0) is 6.18 Å². The van der Waals surface area contributed by atoms with Gasteiger partial charge in [-0.05, 0) is 46.2 Å². The van der Waals surface area contributed by atoms with Gasteiger partial charge >= 0.3 is 6.18 Å². The van der Waals surface area contributed by atoms with E-state index in [1.54, 1.807) is 6.07 Å². The van der Waals surface area contributed by atoms with Gasteiger partial charge in [-0.1, -0.05) is 13.0 Å². The van der Waals surface area contributed by atoms with Gasteiger partial charge in [0, 0.05) is 5.56 Å². The highest BCUT2D eigenvalue weighted by molar-refractivity contribution is 9.10. The van der Waals surface area contributed by atoms with Crippen LogP contribution in [0.4, 0.5) is 17.6 Å². The molecule has 0 aliphatic carbocycles. The molecule has 21 heavy (non-hydrogen) atoms. The van der Waals surface area contributed by atoms with E-state index in [9.17, 15) is 17.6 Å². The van der Waals surface area contributed by atoms with E-state index >= 15 is 0 Å². The molecule has 2 nitrogen and oxygen atoms in total. The number of rotatable bonds is 4. The number of hydrogen-bond acceptors (Lipinski definition) is 2. The average Bonchev–Trinajstić information content (AvgIpc) is 2.80. The van der Waals surface area contributed by atoms with Crippen molar-refractivity contribution in [2.24, 2.45) is 0 Å². The largest absolute Gasteiger partial charge is 0.457 e. The van der Waals surface area contributed by atoms with E-state index in [1.807, 2.05) is 6.92 Å². The number of furan rings is 1. The molecule has 1 heterocycles. The van der Waals surface area contributed by atoms with Crippen LogP contribution in [0.1, 0.15) is 29.7 Å². The maximum Gasteiger partial charge on any atom is 0.419 e. The fraction of sp³-hybridized carbons (Fsp3) is 0.286. The smallest absolute Gasteiger partial charge is 0.419 e. The van der Waals surface area contributed by atoms with E-state index in [0.29, 0.717) is 22.3 Å². The summed E-state index contributed by atoms with van der Waals surface area (Å²) in [6.45, 7) is 2.41. The monoisotopic (exact) mass is 365 g/mol. The van der Waals surface area contributed by atoms with Crippen LogP contribution in [0.25, 0.3) is 0 Å². The first kappa shape index (κ1) is 16.0. The Kier molecular flexibility index (Phi) is 4.73. The summed E-state index contributed by atoms with van der Waals surface area (Å²) in [6.07, 6.45) is -3.25. The zero-order valence-electron chi connectivity index (χ0n) is 11.0. The molecule has 0 aliphatic rings. The molecule has 1 aromatic carbocycles. The van der Waals surface area contributed by atoms with E-state index in [4.69, 9.17) is 4.42 Å². The van der Waals surface area contributed by atoms with Crippen molar-refractivity contribution in [3.8, 4) is 0 Å². The minimum absolute atomic E-state index is 0.393. The van der Waals surface area contributed by atoms with Gasteiger partial charge in [0.15, 0.2) is 4.67 Å². The third kappa shape index (κ3) is 3.47. The van der Waals surface area contributed by atoms with E-state index in [0.717, 1.165) is 12.1 Å². The highest BCUT2D eigenvalue weighted by Crippen LogP contribution is 2.35. The Morgan fingerprint density at radius 1 is 1.29 bits per heavy atom. The summed E-state index contributed by atoms with van der Waals surface area (Å²) in [6, 6.07) is 4.13. The molecule has 7 heteroatoms. The van der Waals surface area contributed by atoms with Crippen molar-refractivity contribution >= 4 is 15.9 Å². The topological polar surface area (TPSA) is 25.2 Å². The number of hydrogen-bond donors (Lipinski definition) is 1. The van der Waals surface area contributed by atoms with Gasteiger partial charge in [0.1, 0.15) is 5.82 Å². The Morgan fingerprint density at radius 3 is 2.48 bits per heavy atom. The molecule has 1 atom stereocenters. The first-order valence-electron chi connectivity index (χ1n) is 6.17. The molecule has 0 aliphatic heterocycles. The molecular formula is C14H12BrF4NO. The van der Waals surface area contributed by atoms with Gasteiger partial charge in [-0.25, -0.2) is 4.39 Å². The highest BCUT2D eigenvalue weighted by Gasteiger charge is 2.34. The Morgan fingerprint density at radius 2 is 2.00 bits per heavy atom. The Balaban J connectivity index is 2.43. The summed E-state index contributed by atoms with van der Waals surface area (Å²) in [7, 11) is 0. The van der Waals surface area contributed by atoms with Crippen LogP contribution >= 0.6 is 15.9 Å². The van der Waals surface area contributed by atoms with Gasteiger partial charge in [0.25, 0.3) is 0 Å². The Labute approximate surface area is 127 Å². The van der Waals surface area contributed by atoms with Crippen molar-refractivity contribution < 1.29 is 22.0 Å². The first-order chi connectivity index (χ1) is 9.84. The molecule has 0 saturated heterocycles. The lowest BCUT2D eigenvalue weighted by atomic mass is 9.99. The number of nitrogens with one attached hydrogen (secondary N) is 1. The highest BCUT2D eigenvalue weighted by atomic mass is 79.9. The molecule has 2 aromatic rings. The fourth-order valence-corrected chi connectivity index (χ4v) is 2.53. The van der Waals surface area contributed by atoms with Crippen LogP contribution in [-0.4, -0.2) is 6.54 Å². The summed E-state index contributed by atoms with van der Waals surface area (Å²) in [5.41, 5.74) is -0.187. The van der Waals surface area contributed by atoms with Crippen LogP contribution in [0, 0.1) is 5.82 Å². The first-order valence-corrected chi connectivity index (χ1v) is 6.96. The van der Waals surface area contributed by atoms with Crippen LogP contribution in [0.3, 0.4) is 0 Å². The average molecular weight is 366 g/mol. The quantitative estimate of drug-likeness (QED) is 0.779. The van der Waals surface area contributed by atoms with Crippen molar-refractivity contribution in [2.45, 2.75) is 19.1 Å². The van der Waals surface area contributed by atoms with E-state index in [2.05, 4.69) is 21.2 Å². The van der Waals surface area contributed by atoms with Gasteiger partial charge in [0.05, 0.1) is 17.9 Å². The van der Waals surface area contributed by atoms with E-state index in [1.165, 1.54) is 12.3 Å². The summed E-state index contributed by atoms with van der Waals surface area (Å²) in [4.78, 5) is 0. The maximum atomic E-state index is 13.7. The third-order valence-electron chi connectivity index (χ3n) is 3.00. The van der Waals surface area contributed by atoms with Crippen molar-refractivity contribution in [1.82, 2.24) is 5.32 Å². The Hall–Kier alpha value is -1.34. The molecule has 0 spiro atoms. The zero-order valence-corrected chi connectivity index (χ0v) is 12.6. The molecule has 2 rings (SSSR count). The van der Waals surface area contributed by atoms with Crippen molar-refractivity contribution in [1.29, 1.82) is 0 Å². The van der Waals surface area contributed by atoms with Gasteiger partial charge in [-0.15, -0.1) is 0 Å². The predicted octanol–water partition coefficient (Wildman–Crippen LogP) is 4.90. The van der Waals surface area contributed by atoms with E-state index < -0.39 is 23.6 Å². The minimum atomic E-state index is -4.70. The predicted molar refractivity (Wildman–Crippen MR) is 73.3 cm³/mol. The van der Waals surface area contributed by atoms with E-state index in [-0.39, 0.29) is 0 Å². The third-order valence-corrected chi connectivity index (χ3v) is 3.64. The normalized spacial score (nSPS) is 13.4. The van der Waals surface area contributed by atoms with Crippen LogP contribution in [0.5, 0.6) is 0 Å². The van der Waals surface area contributed by atoms with Crippen LogP contribution in [0.15, 0.2) is 39.6 Å². The second-order valence-electron chi connectivity index (χ2n) is 4.38. The maximum absolute atomic E-state index is 13.7. The SMILES string of the molecule is CCNC(c1ccc(C(F)(F)F)c(F)c1)c1ccoc1Br. The number of alkyl halides is 3. The molecule has 0 radical (unpaired) electrons. The fourth-order valence-electron chi connectivity index (χ4n) is 2.06. The molecule has 0 fully saturated rings. The van der Waals surface area contributed by atoms with Crippen LogP contribution in [0.2, 0.25) is 0 Å². The van der Waals surface area contributed by atoms with Crippen LogP contribution < -0.4 is 5.32 Å². The lowest BCUT2D eigenvalue weighted by molar-refractivity contribution is -0.140. The summed E-state index contributed by atoms with van der Waals surface area (Å²) >= 11 is 3.22. The van der Waals surface area contributed by atoms with Gasteiger partial charge < -0.3 is 9.73 Å². The lowest BCUT2D eigenvalue weighted by Crippen LogP contribution is -2.22. The summed E-state index contributed by atoms with van der Waals surface area (Å²) in [5.74, 6) is -1.29. The molecule has 0 saturated carbocycles. The molecule has 1 aromatic heterocycles. The number of halogens is 5. The molecule has 114 valence electrons. The minimum Gasteiger partial charge on any atom is -0.457 e. The second kappa shape index (κ2) is 6.19. The molecular weight excluding hydrogens is 354 g/mol. The zero-order chi connectivity index (χ0) is 15.6. The van der Waals surface area contributed by atoms with Gasteiger partial charge in [-0.3, -0.25) is 0 Å². The second-order valence-corrected chi connectivity index (χ2v) is 5.10. The van der Waals surface area contributed by atoms with Crippen molar-refractivity contribution in [3.05, 3.63) is 57.7 Å². The number of benzene rings is 1. The van der Waals surface area contributed by atoms with Gasteiger partial charge in [-0.2, -0.15) is 13.2 Å². The Bertz CT molecular complexity index is 624. The van der Waals surface area contributed by atoms with Crippen molar-refractivity contribution in [2.75, 3.05) is 6.54 Å². The molecule has 1 unspecified atom stereocenters. The van der Waals surface area contributed by atoms with Gasteiger partial charge in [0.2, 0.25) is 0 Å². The summed E-state index contributed by atoms with van der Waals surface area (Å²) in [5, 5.41) is 3.09. The molecule has 1 N–H and O–H groups in total. The lowest BCUT2D eigenvalue weighted by Gasteiger charge is -2.19. The molecule has 0 amide bonds. The summed E-state index contributed by atoms with van der Waals surface area (Å²) < 4.78 is 57.0. The standard InChI is InChI=1S/C14H12BrF4NO/c1-2-20-12(9-5-6-21-13(9)15)8-3-4-10(11(16)7-8)14(17,18)19/h3-7,12,20H,2H2,1H3. The molecule has 0 bridgehead atoms. The van der Waals surface area contributed by atoms with Crippen molar-refractivity contribution in [3.63, 3.8) is 0 Å².